The quantitative estimate of drug-likeness (QED) is 0.286. The molecule has 13 heavy (non-hydrogen) atoms. The van der Waals surface area contributed by atoms with Crippen molar-refractivity contribution in [2.75, 3.05) is 6.61 Å². The SMILES string of the molecule is CCC(C)(CO)N=C(N)NC(=N)N. The number of aliphatic hydroxyl groups excluding tert-OH is 1. The van der Waals surface area contributed by atoms with Crippen molar-refractivity contribution in [3.63, 3.8) is 0 Å². The van der Waals surface area contributed by atoms with E-state index in [1.807, 2.05) is 6.92 Å². The third-order valence-electron chi connectivity index (χ3n) is 1.76. The van der Waals surface area contributed by atoms with Crippen molar-refractivity contribution in [1.82, 2.24) is 5.32 Å². The first-order valence-electron chi connectivity index (χ1n) is 4.01. The van der Waals surface area contributed by atoms with Gasteiger partial charge in [0.1, 0.15) is 0 Å². The predicted octanol–water partition coefficient (Wildman–Crippen LogP) is -1.05. The van der Waals surface area contributed by atoms with Gasteiger partial charge in [-0.05, 0) is 13.3 Å². The molecule has 0 aliphatic carbocycles. The number of guanidine groups is 2. The highest BCUT2D eigenvalue weighted by molar-refractivity contribution is 5.95. The van der Waals surface area contributed by atoms with Crippen LogP contribution in [0.25, 0.3) is 0 Å². The smallest absolute Gasteiger partial charge is 0.196 e. The highest BCUT2D eigenvalue weighted by Gasteiger charge is 2.19. The van der Waals surface area contributed by atoms with Crippen LogP contribution in [0.15, 0.2) is 4.99 Å². The Labute approximate surface area is 77.5 Å². The van der Waals surface area contributed by atoms with Gasteiger partial charge in [0.05, 0.1) is 12.1 Å². The molecule has 0 aromatic rings. The van der Waals surface area contributed by atoms with Crippen molar-refractivity contribution < 1.29 is 5.11 Å². The number of aliphatic imine (C=N–C) groups is 1. The third-order valence-corrected chi connectivity index (χ3v) is 1.76. The summed E-state index contributed by atoms with van der Waals surface area (Å²) in [5.74, 6) is -0.219. The zero-order valence-electron chi connectivity index (χ0n) is 7.96. The Hall–Kier alpha value is -1.30. The molecule has 0 rings (SSSR count). The minimum atomic E-state index is -0.605. The lowest BCUT2D eigenvalue weighted by Gasteiger charge is -2.21. The number of hydrogen-bond acceptors (Lipinski definition) is 3. The van der Waals surface area contributed by atoms with Crippen LogP contribution in [0.5, 0.6) is 0 Å². The summed E-state index contributed by atoms with van der Waals surface area (Å²) in [6.07, 6.45) is 0.657. The Morgan fingerprint density at radius 3 is 2.46 bits per heavy atom. The van der Waals surface area contributed by atoms with E-state index in [1.54, 1.807) is 6.92 Å². The van der Waals surface area contributed by atoms with Gasteiger partial charge in [0.25, 0.3) is 0 Å². The van der Waals surface area contributed by atoms with Gasteiger partial charge < -0.3 is 16.6 Å². The Bertz CT molecular complexity index is 209. The lowest BCUT2D eigenvalue weighted by Crippen LogP contribution is -2.43. The van der Waals surface area contributed by atoms with E-state index in [4.69, 9.17) is 22.0 Å². The van der Waals surface area contributed by atoms with E-state index in [1.165, 1.54) is 0 Å². The molecule has 0 saturated carbocycles. The zero-order valence-corrected chi connectivity index (χ0v) is 7.96. The fourth-order valence-corrected chi connectivity index (χ4v) is 0.683. The van der Waals surface area contributed by atoms with Crippen molar-refractivity contribution >= 4 is 11.9 Å². The topological polar surface area (TPSA) is 121 Å². The Balaban J connectivity index is 4.41. The van der Waals surface area contributed by atoms with Crippen molar-refractivity contribution in [3.8, 4) is 0 Å². The summed E-state index contributed by atoms with van der Waals surface area (Å²) in [4.78, 5) is 4.00. The monoisotopic (exact) mass is 187 g/mol. The fraction of sp³-hybridized carbons (Fsp3) is 0.714. The lowest BCUT2D eigenvalue weighted by molar-refractivity contribution is 0.206. The number of nitrogens with two attached hydrogens (primary N) is 2. The molecule has 0 saturated heterocycles. The maximum absolute atomic E-state index is 8.99. The van der Waals surface area contributed by atoms with Gasteiger partial charge in [0.15, 0.2) is 11.9 Å². The van der Waals surface area contributed by atoms with Crippen molar-refractivity contribution in [2.24, 2.45) is 16.5 Å². The molecule has 0 aromatic carbocycles. The van der Waals surface area contributed by atoms with E-state index in [-0.39, 0.29) is 18.5 Å². The molecule has 0 amide bonds. The highest BCUT2D eigenvalue weighted by atomic mass is 16.3. The number of nitrogens with one attached hydrogen (secondary N) is 2. The molecule has 7 N–H and O–H groups in total. The zero-order chi connectivity index (χ0) is 10.5. The van der Waals surface area contributed by atoms with Crippen LogP contribution in [0.2, 0.25) is 0 Å². The van der Waals surface area contributed by atoms with Gasteiger partial charge in [-0.1, -0.05) is 6.92 Å². The van der Waals surface area contributed by atoms with Crippen LogP contribution < -0.4 is 16.8 Å². The van der Waals surface area contributed by atoms with Gasteiger partial charge in [-0.3, -0.25) is 10.7 Å². The van der Waals surface area contributed by atoms with Gasteiger partial charge in [0.2, 0.25) is 0 Å². The lowest BCUT2D eigenvalue weighted by atomic mass is 10.0. The van der Waals surface area contributed by atoms with Crippen LogP contribution >= 0.6 is 0 Å². The van der Waals surface area contributed by atoms with Gasteiger partial charge in [-0.15, -0.1) is 0 Å². The molecule has 1 unspecified atom stereocenters. The molecule has 0 fully saturated rings. The van der Waals surface area contributed by atoms with Gasteiger partial charge in [-0.2, -0.15) is 0 Å². The summed E-state index contributed by atoms with van der Waals surface area (Å²) in [7, 11) is 0. The molecule has 76 valence electrons. The Kier molecular flexibility index (Phi) is 4.19. The second-order valence-corrected chi connectivity index (χ2v) is 3.04. The Morgan fingerprint density at radius 1 is 1.62 bits per heavy atom. The molecule has 0 spiro atoms. The normalized spacial score (nSPS) is 16.4. The first kappa shape index (κ1) is 11.7. The predicted molar refractivity (Wildman–Crippen MR) is 52.5 cm³/mol. The first-order chi connectivity index (χ1) is 5.93. The maximum Gasteiger partial charge on any atom is 0.196 e. The second kappa shape index (κ2) is 4.66. The van der Waals surface area contributed by atoms with Crippen molar-refractivity contribution in [3.05, 3.63) is 0 Å². The number of rotatable bonds is 3. The first-order valence-corrected chi connectivity index (χ1v) is 4.01. The summed E-state index contributed by atoms with van der Waals surface area (Å²) < 4.78 is 0. The highest BCUT2D eigenvalue weighted by Crippen LogP contribution is 2.12. The van der Waals surface area contributed by atoms with E-state index in [0.29, 0.717) is 6.42 Å². The van der Waals surface area contributed by atoms with Crippen LogP contribution in [-0.2, 0) is 0 Å². The minimum Gasteiger partial charge on any atom is -0.394 e. The summed E-state index contributed by atoms with van der Waals surface area (Å²) in [5, 5.41) is 18.2. The van der Waals surface area contributed by atoms with Crippen LogP contribution in [0, 0.1) is 5.41 Å². The fourth-order valence-electron chi connectivity index (χ4n) is 0.683. The number of nitrogens with zero attached hydrogens (tertiary/aromatic N) is 1. The molecule has 0 bridgehead atoms. The largest absolute Gasteiger partial charge is 0.394 e. The van der Waals surface area contributed by atoms with E-state index in [9.17, 15) is 0 Å². The van der Waals surface area contributed by atoms with Crippen molar-refractivity contribution in [1.29, 1.82) is 5.41 Å². The van der Waals surface area contributed by atoms with Gasteiger partial charge in [0, 0.05) is 0 Å². The molecule has 0 heterocycles. The molecule has 6 heteroatoms. The molecule has 0 aromatic heterocycles. The van der Waals surface area contributed by atoms with E-state index < -0.39 is 5.54 Å². The van der Waals surface area contributed by atoms with Crippen molar-refractivity contribution in [2.45, 2.75) is 25.8 Å². The van der Waals surface area contributed by atoms with E-state index >= 15 is 0 Å². The van der Waals surface area contributed by atoms with Gasteiger partial charge in [-0.25, -0.2) is 4.99 Å². The summed E-state index contributed by atoms with van der Waals surface area (Å²) in [6, 6.07) is 0. The molecule has 6 nitrogen and oxygen atoms in total. The third kappa shape index (κ3) is 4.32. The van der Waals surface area contributed by atoms with Crippen LogP contribution in [0.3, 0.4) is 0 Å². The average molecular weight is 187 g/mol. The number of hydrogen-bond donors (Lipinski definition) is 5. The summed E-state index contributed by atoms with van der Waals surface area (Å²) in [6.45, 7) is 3.56. The van der Waals surface area contributed by atoms with Gasteiger partial charge >= 0.3 is 0 Å². The standard InChI is InChI=1S/C7H17N5O/c1-3-7(2,4-13)12-6(10)11-5(8)9/h13H,3-4H2,1-2H3,(H6,8,9,10,11,12). The van der Waals surface area contributed by atoms with E-state index in [0.717, 1.165) is 0 Å². The Morgan fingerprint density at radius 2 is 2.15 bits per heavy atom. The molecular weight excluding hydrogens is 170 g/mol. The van der Waals surface area contributed by atoms with Crippen LogP contribution in [0.4, 0.5) is 0 Å². The maximum atomic E-state index is 8.99. The molecule has 0 aliphatic rings. The second-order valence-electron chi connectivity index (χ2n) is 3.04. The van der Waals surface area contributed by atoms with E-state index in [2.05, 4.69) is 10.3 Å². The molecule has 0 aliphatic heterocycles. The molecule has 1 atom stereocenters. The molecular formula is C7H17N5O. The average Bonchev–Trinajstić information content (AvgIpc) is 2.02. The van der Waals surface area contributed by atoms with Crippen LogP contribution in [-0.4, -0.2) is 29.2 Å². The summed E-state index contributed by atoms with van der Waals surface area (Å²) >= 11 is 0. The minimum absolute atomic E-state index is 0.0471. The number of aliphatic hydroxyl groups is 1. The summed E-state index contributed by atoms with van der Waals surface area (Å²) in [5.41, 5.74) is 9.86. The molecule has 0 radical (unpaired) electrons. The van der Waals surface area contributed by atoms with Crippen LogP contribution in [0.1, 0.15) is 20.3 Å².